The van der Waals surface area contributed by atoms with E-state index in [1.165, 1.54) is 18.2 Å². The number of aliphatic imine (C=N–C) groups is 1. The van der Waals surface area contributed by atoms with Crippen molar-refractivity contribution in [3.63, 3.8) is 0 Å². The molecular weight excluding hydrogens is 871 g/mol. The third-order valence-electron chi connectivity index (χ3n) is 10.2. The van der Waals surface area contributed by atoms with Crippen LogP contribution in [0.5, 0.6) is 17.2 Å². The van der Waals surface area contributed by atoms with E-state index in [2.05, 4.69) is 9.73 Å². The van der Waals surface area contributed by atoms with Crippen molar-refractivity contribution in [1.29, 1.82) is 0 Å². The SMILES string of the molecule is CN1c2ccccc2C(C)(C)C12C=Nc1c(ccc3ccc(OC(=O)c4ccc(OC(=C(C(F)(C(F)(F)F)C(F)(F)F)C(F)(C(F)(F)F)C(F)(F)F)C(F)(F)F)cc4)cc13)O2. The highest BCUT2D eigenvalue weighted by Crippen LogP contribution is 2.63. The van der Waals surface area contributed by atoms with E-state index in [1.54, 1.807) is 18.3 Å². The standard InChI is InChI=1S/C38H23F17N2O4/c1-30(2)23-6-4-5-7-24(23)57(3)31(30)17-56-26-22-16-21(14-8-18(22)11-15-25(26)61-31)60-29(58)19-9-12-20(13-10-19)59-28(34(41,42)43)27(32(39,35(44,45)46)36(47,48)49)33(40,37(50,51)52)38(53,54)55/h4-17H,1-3H3. The minimum absolute atomic E-state index is 0.0284. The molecule has 4 aromatic carbocycles. The lowest BCUT2D eigenvalue weighted by atomic mass is 9.77. The van der Waals surface area contributed by atoms with Crippen molar-refractivity contribution in [2.45, 2.75) is 67.2 Å². The number of likely N-dealkylation sites (N-methyl/N-ethyl adjacent to an activating group) is 1. The van der Waals surface area contributed by atoms with Gasteiger partial charge in [-0.1, -0.05) is 30.3 Å². The molecule has 2 heterocycles. The number of esters is 1. The maximum atomic E-state index is 15.0. The van der Waals surface area contributed by atoms with Crippen molar-refractivity contribution in [3.8, 4) is 17.2 Å². The minimum Gasteiger partial charge on any atom is -0.459 e. The largest absolute Gasteiger partial charge is 0.459 e. The van der Waals surface area contributed by atoms with Gasteiger partial charge in [-0.2, -0.15) is 65.9 Å². The fourth-order valence-corrected chi connectivity index (χ4v) is 7.05. The highest BCUT2D eigenvalue weighted by Gasteiger charge is 2.88. The first kappa shape index (κ1) is 44.8. The van der Waals surface area contributed by atoms with E-state index in [0.29, 0.717) is 28.7 Å². The molecule has 0 amide bonds. The summed E-state index contributed by atoms with van der Waals surface area (Å²) >= 11 is 0. The Labute approximate surface area is 330 Å². The number of fused-ring (bicyclic) bond motifs is 4. The summed E-state index contributed by atoms with van der Waals surface area (Å²) < 4.78 is 250. The predicted octanol–water partition coefficient (Wildman–Crippen LogP) is 12.1. The van der Waals surface area contributed by atoms with E-state index in [1.807, 2.05) is 50.1 Å². The number of halogens is 17. The first-order valence-electron chi connectivity index (χ1n) is 16.9. The van der Waals surface area contributed by atoms with E-state index in [-0.39, 0.29) is 23.6 Å². The van der Waals surface area contributed by atoms with Crippen LogP contribution in [0.1, 0.15) is 29.8 Å². The molecule has 0 saturated carbocycles. The van der Waals surface area contributed by atoms with Crippen molar-refractivity contribution >= 4 is 34.3 Å². The van der Waals surface area contributed by atoms with Crippen LogP contribution in [-0.2, 0) is 5.41 Å². The smallest absolute Gasteiger partial charge is 0.449 e. The van der Waals surface area contributed by atoms with E-state index in [9.17, 15) is 70.7 Å². The summed E-state index contributed by atoms with van der Waals surface area (Å²) in [6, 6.07) is 15.7. The third kappa shape index (κ3) is 6.82. The number of carbonyl (C=O) groups is 1. The summed E-state index contributed by atoms with van der Waals surface area (Å²) in [7, 11) is 1.82. The number of anilines is 1. The molecule has 4 aromatic rings. The second-order valence-corrected chi connectivity index (χ2v) is 14.1. The monoisotopic (exact) mass is 894 g/mol. The van der Waals surface area contributed by atoms with Gasteiger partial charge < -0.3 is 19.1 Å². The number of ether oxygens (including phenoxy) is 3. The first-order chi connectivity index (χ1) is 27.7. The van der Waals surface area contributed by atoms with Crippen LogP contribution in [0.4, 0.5) is 86.0 Å². The average molecular weight is 895 g/mol. The van der Waals surface area contributed by atoms with Crippen molar-refractivity contribution in [1.82, 2.24) is 0 Å². The number of hydrogen-bond acceptors (Lipinski definition) is 6. The summed E-state index contributed by atoms with van der Waals surface area (Å²) in [5, 5.41) is 0.910. The average Bonchev–Trinajstić information content (AvgIpc) is 3.29. The number of rotatable bonds is 6. The molecule has 328 valence electrons. The molecule has 61 heavy (non-hydrogen) atoms. The topological polar surface area (TPSA) is 60.4 Å². The lowest BCUT2D eigenvalue weighted by molar-refractivity contribution is -0.365. The molecule has 2 aliphatic rings. The van der Waals surface area contributed by atoms with Gasteiger partial charge >= 0.3 is 48.2 Å². The summed E-state index contributed by atoms with van der Waals surface area (Å²) in [5.74, 6) is -7.80. The summed E-state index contributed by atoms with van der Waals surface area (Å²) in [4.78, 5) is 19.6. The second kappa shape index (κ2) is 13.9. The lowest BCUT2D eigenvalue weighted by Gasteiger charge is -2.45. The van der Waals surface area contributed by atoms with Gasteiger partial charge in [-0.3, -0.25) is 4.99 Å². The quantitative estimate of drug-likeness (QED) is 0.0835. The van der Waals surface area contributed by atoms with Crippen LogP contribution in [0.15, 0.2) is 95.2 Å². The van der Waals surface area contributed by atoms with Crippen LogP contribution < -0.4 is 19.1 Å². The Morgan fingerprint density at radius 3 is 1.67 bits per heavy atom. The van der Waals surface area contributed by atoms with Gasteiger partial charge in [0.1, 0.15) is 22.9 Å². The zero-order valence-electron chi connectivity index (χ0n) is 30.5. The van der Waals surface area contributed by atoms with Crippen LogP contribution in [-0.4, -0.2) is 67.2 Å². The molecule has 1 atom stereocenters. The lowest BCUT2D eigenvalue weighted by Crippen LogP contribution is -2.67. The molecule has 0 fully saturated rings. The Balaban J connectivity index is 1.35. The van der Waals surface area contributed by atoms with Gasteiger partial charge in [0.25, 0.3) is 0 Å². The normalized spacial score (nSPS) is 18.1. The van der Waals surface area contributed by atoms with Gasteiger partial charge in [0.2, 0.25) is 11.5 Å². The highest BCUT2D eigenvalue weighted by atomic mass is 19.4. The second-order valence-electron chi connectivity index (χ2n) is 14.1. The predicted molar refractivity (Wildman–Crippen MR) is 180 cm³/mol. The molecule has 2 aliphatic heterocycles. The van der Waals surface area contributed by atoms with Crippen LogP contribution in [0.25, 0.3) is 10.8 Å². The van der Waals surface area contributed by atoms with Gasteiger partial charge in [0.05, 0.1) is 22.8 Å². The maximum absolute atomic E-state index is 15.0. The molecule has 0 aliphatic carbocycles. The molecule has 1 unspecified atom stereocenters. The van der Waals surface area contributed by atoms with Crippen molar-refractivity contribution in [2.75, 3.05) is 11.9 Å². The van der Waals surface area contributed by atoms with E-state index < -0.39 is 82.0 Å². The molecular formula is C38H23F17N2O4. The zero-order chi connectivity index (χ0) is 45.7. The molecule has 23 heteroatoms. The fraction of sp³-hybridized carbons (Fsp3) is 0.316. The van der Waals surface area contributed by atoms with Gasteiger partial charge in [-0.25, -0.2) is 13.6 Å². The summed E-state index contributed by atoms with van der Waals surface area (Å²) in [5.41, 5.74) is -22.6. The Morgan fingerprint density at radius 1 is 0.656 bits per heavy atom. The minimum atomic E-state index is -8.33. The summed E-state index contributed by atoms with van der Waals surface area (Å²) in [6.45, 7) is 3.92. The molecule has 6 rings (SSSR count). The third-order valence-corrected chi connectivity index (χ3v) is 10.2. The summed E-state index contributed by atoms with van der Waals surface area (Å²) in [6.07, 6.45) is -38.3. The number of carbonyl (C=O) groups excluding carboxylic acids is 1. The molecule has 0 aromatic heterocycles. The molecule has 0 bridgehead atoms. The zero-order valence-corrected chi connectivity index (χ0v) is 30.5. The van der Waals surface area contributed by atoms with Gasteiger partial charge in [0.15, 0.2) is 0 Å². The van der Waals surface area contributed by atoms with E-state index in [4.69, 9.17) is 9.47 Å². The van der Waals surface area contributed by atoms with Gasteiger partial charge in [-0.05, 0) is 73.3 Å². The molecule has 0 N–H and O–H groups in total. The Hall–Kier alpha value is -5.77. The fourth-order valence-electron chi connectivity index (χ4n) is 7.05. The van der Waals surface area contributed by atoms with Crippen LogP contribution in [0, 0.1) is 0 Å². The Bertz CT molecular complexity index is 2380. The number of hydrogen-bond donors (Lipinski definition) is 0. The maximum Gasteiger partial charge on any atom is 0.449 e. The number of benzene rings is 4. The number of alkyl halides is 17. The Kier molecular flexibility index (Phi) is 10.2. The van der Waals surface area contributed by atoms with Gasteiger partial charge in [-0.15, -0.1) is 0 Å². The molecule has 0 saturated heterocycles. The number of allylic oxidation sites excluding steroid dienone is 2. The molecule has 6 nitrogen and oxygen atoms in total. The van der Waals surface area contributed by atoms with E-state index in [0.717, 1.165) is 11.3 Å². The van der Waals surface area contributed by atoms with Crippen molar-refractivity contribution in [3.05, 3.63) is 101 Å². The van der Waals surface area contributed by atoms with Crippen molar-refractivity contribution < 1.29 is 93.6 Å². The van der Waals surface area contributed by atoms with Crippen LogP contribution in [0.3, 0.4) is 0 Å². The molecule has 1 spiro atoms. The van der Waals surface area contributed by atoms with Gasteiger partial charge in [0, 0.05) is 18.1 Å². The molecule has 0 radical (unpaired) electrons. The number of nitrogens with zero attached hydrogens (tertiary/aromatic N) is 2. The van der Waals surface area contributed by atoms with Crippen molar-refractivity contribution in [2.24, 2.45) is 4.99 Å². The van der Waals surface area contributed by atoms with Crippen LogP contribution >= 0.6 is 0 Å². The Morgan fingerprint density at radius 2 is 1.16 bits per heavy atom. The van der Waals surface area contributed by atoms with E-state index >= 15 is 8.78 Å². The first-order valence-corrected chi connectivity index (χ1v) is 16.9. The van der Waals surface area contributed by atoms with Crippen LogP contribution in [0.2, 0.25) is 0 Å². The highest BCUT2D eigenvalue weighted by molar-refractivity contribution is 6.01. The number of para-hydroxylation sites is 1.